The Morgan fingerprint density at radius 1 is 1.00 bits per heavy atom. The first kappa shape index (κ1) is 19.6. The minimum Gasteiger partial charge on any atom is -0.371 e. The molecule has 0 unspecified atom stereocenters. The van der Waals surface area contributed by atoms with Crippen LogP contribution in [0.1, 0.15) is 63.7 Å². The number of benzene rings is 1. The molecule has 27 heavy (non-hydrogen) atoms. The van der Waals surface area contributed by atoms with Gasteiger partial charge in [0.25, 0.3) is 0 Å². The summed E-state index contributed by atoms with van der Waals surface area (Å²) in [7, 11) is 0. The molecule has 2 aliphatic heterocycles. The molecule has 0 bridgehead atoms. The van der Waals surface area contributed by atoms with Crippen LogP contribution in [0.4, 0.5) is 5.69 Å². The summed E-state index contributed by atoms with van der Waals surface area (Å²) in [6.07, 6.45) is 3.34. The molecule has 1 amide bonds. The summed E-state index contributed by atoms with van der Waals surface area (Å²) in [6, 6.07) is 7.59. The normalized spacial score (nSPS) is 22.6. The summed E-state index contributed by atoms with van der Waals surface area (Å²) < 4.78 is 0. The molecule has 2 saturated heterocycles. The second-order valence-corrected chi connectivity index (χ2v) is 9.16. The van der Waals surface area contributed by atoms with Crippen molar-refractivity contribution in [1.29, 1.82) is 0 Å². The highest BCUT2D eigenvalue weighted by Crippen LogP contribution is 2.39. The Bertz CT molecular complexity index is 708. The molecule has 0 radical (unpaired) electrons. The van der Waals surface area contributed by atoms with Gasteiger partial charge in [-0.05, 0) is 64.8 Å². The molecule has 0 spiro atoms. The highest BCUT2D eigenvalue weighted by atomic mass is 16.2. The number of amides is 1. The summed E-state index contributed by atoms with van der Waals surface area (Å²) in [4.78, 5) is 40.6. The van der Waals surface area contributed by atoms with Crippen LogP contribution in [-0.4, -0.2) is 47.0 Å². The number of carbonyl (C=O) groups is 3. The lowest BCUT2D eigenvalue weighted by atomic mass is 9.77. The SMILES string of the molecule is CC1(C)CC(=O)CC(C)(C)N1C(=O)C1CCN(c2ccc(C=O)cc2)CC1. The van der Waals surface area contributed by atoms with Crippen LogP contribution in [0, 0.1) is 5.92 Å². The van der Waals surface area contributed by atoms with E-state index >= 15 is 0 Å². The fourth-order valence-electron chi connectivity index (χ4n) is 4.93. The van der Waals surface area contributed by atoms with Crippen molar-refractivity contribution in [2.45, 2.75) is 64.5 Å². The van der Waals surface area contributed by atoms with E-state index in [1.165, 1.54) is 0 Å². The van der Waals surface area contributed by atoms with Crippen LogP contribution < -0.4 is 4.90 Å². The molecule has 0 aromatic heterocycles. The van der Waals surface area contributed by atoms with Gasteiger partial charge in [0.15, 0.2) is 0 Å². The maximum Gasteiger partial charge on any atom is 0.226 e. The number of carbonyl (C=O) groups excluding carboxylic acids is 3. The van der Waals surface area contributed by atoms with Gasteiger partial charge in [-0.25, -0.2) is 0 Å². The summed E-state index contributed by atoms with van der Waals surface area (Å²) in [5, 5.41) is 0. The van der Waals surface area contributed by atoms with Crippen molar-refractivity contribution in [3.63, 3.8) is 0 Å². The second kappa shape index (κ2) is 7.10. The summed E-state index contributed by atoms with van der Waals surface area (Å²) in [6.45, 7) is 9.68. The van der Waals surface area contributed by atoms with Crippen molar-refractivity contribution in [2.24, 2.45) is 5.92 Å². The van der Waals surface area contributed by atoms with Gasteiger partial charge in [0.05, 0.1) is 0 Å². The van der Waals surface area contributed by atoms with Crippen LogP contribution in [0.15, 0.2) is 24.3 Å². The number of piperidine rings is 2. The number of nitrogens with zero attached hydrogens (tertiary/aromatic N) is 2. The minimum atomic E-state index is -0.433. The Labute approximate surface area is 161 Å². The minimum absolute atomic E-state index is 0.00208. The molecule has 1 aromatic rings. The second-order valence-electron chi connectivity index (χ2n) is 9.16. The third-order valence-corrected chi connectivity index (χ3v) is 5.93. The lowest BCUT2D eigenvalue weighted by Crippen LogP contribution is -2.64. The predicted octanol–water partition coefficient (Wildman–Crippen LogP) is 3.46. The van der Waals surface area contributed by atoms with Crippen molar-refractivity contribution in [1.82, 2.24) is 4.90 Å². The van der Waals surface area contributed by atoms with Gasteiger partial charge in [-0.15, -0.1) is 0 Å². The first-order valence-corrected chi connectivity index (χ1v) is 9.80. The molecule has 2 aliphatic rings. The van der Waals surface area contributed by atoms with Gasteiger partial charge in [-0.3, -0.25) is 14.4 Å². The average Bonchev–Trinajstić information content (AvgIpc) is 2.59. The standard InChI is InChI=1S/C22H30N2O3/c1-21(2)13-19(26)14-22(3,4)24(21)20(27)17-9-11-23(12-10-17)18-7-5-16(15-25)6-8-18/h5-8,15,17H,9-14H2,1-4H3. The highest BCUT2D eigenvalue weighted by molar-refractivity contribution is 5.87. The fourth-order valence-corrected chi connectivity index (χ4v) is 4.93. The van der Waals surface area contributed by atoms with Crippen molar-refractivity contribution in [3.8, 4) is 0 Å². The van der Waals surface area contributed by atoms with E-state index in [0.717, 1.165) is 37.9 Å². The Balaban J connectivity index is 1.68. The molecular weight excluding hydrogens is 340 g/mol. The number of ketones is 1. The molecule has 0 N–H and O–H groups in total. The van der Waals surface area contributed by atoms with Crippen LogP contribution in [0.2, 0.25) is 0 Å². The number of aldehydes is 1. The number of Topliss-reactive ketones (excluding diaryl/α,β-unsaturated/α-hetero) is 1. The summed E-state index contributed by atoms with van der Waals surface area (Å²) >= 11 is 0. The van der Waals surface area contributed by atoms with E-state index in [2.05, 4.69) is 4.90 Å². The molecule has 5 nitrogen and oxygen atoms in total. The van der Waals surface area contributed by atoms with Gasteiger partial charge in [0, 0.05) is 54.2 Å². The molecular formula is C22H30N2O3. The van der Waals surface area contributed by atoms with E-state index in [-0.39, 0.29) is 17.6 Å². The predicted molar refractivity (Wildman–Crippen MR) is 106 cm³/mol. The van der Waals surface area contributed by atoms with Crippen LogP contribution in [0.25, 0.3) is 0 Å². The van der Waals surface area contributed by atoms with Crippen LogP contribution in [0.3, 0.4) is 0 Å². The number of rotatable bonds is 3. The van der Waals surface area contributed by atoms with Gasteiger partial charge >= 0.3 is 0 Å². The topological polar surface area (TPSA) is 57.7 Å². The number of likely N-dealkylation sites (tertiary alicyclic amines) is 1. The van der Waals surface area contributed by atoms with Gasteiger partial charge in [-0.1, -0.05) is 0 Å². The zero-order valence-electron chi connectivity index (χ0n) is 16.8. The fraction of sp³-hybridized carbons (Fsp3) is 0.591. The maximum atomic E-state index is 13.4. The Hall–Kier alpha value is -2.17. The third-order valence-electron chi connectivity index (χ3n) is 5.93. The molecule has 5 heteroatoms. The van der Waals surface area contributed by atoms with Gasteiger partial charge < -0.3 is 9.80 Å². The zero-order valence-corrected chi connectivity index (χ0v) is 16.8. The molecule has 0 aliphatic carbocycles. The van der Waals surface area contributed by atoms with E-state index in [1.54, 1.807) is 0 Å². The average molecular weight is 370 g/mol. The van der Waals surface area contributed by atoms with Crippen molar-refractivity contribution >= 4 is 23.7 Å². The molecule has 146 valence electrons. The zero-order chi connectivity index (χ0) is 19.8. The van der Waals surface area contributed by atoms with Crippen molar-refractivity contribution in [3.05, 3.63) is 29.8 Å². The molecule has 3 rings (SSSR count). The number of anilines is 1. The Morgan fingerprint density at radius 3 is 2.00 bits per heavy atom. The number of hydrogen-bond donors (Lipinski definition) is 0. The highest BCUT2D eigenvalue weighted by Gasteiger charge is 2.49. The molecule has 1 aromatic carbocycles. The summed E-state index contributed by atoms with van der Waals surface area (Å²) in [5.41, 5.74) is 0.902. The van der Waals surface area contributed by atoms with E-state index in [4.69, 9.17) is 0 Å². The lowest BCUT2D eigenvalue weighted by molar-refractivity contribution is -0.157. The Morgan fingerprint density at radius 2 is 1.52 bits per heavy atom. The third kappa shape index (κ3) is 3.92. The first-order chi connectivity index (χ1) is 12.6. The van der Waals surface area contributed by atoms with Crippen LogP contribution >= 0.6 is 0 Å². The lowest BCUT2D eigenvalue weighted by Gasteiger charge is -2.53. The van der Waals surface area contributed by atoms with Gasteiger partial charge in [0.2, 0.25) is 5.91 Å². The monoisotopic (exact) mass is 370 g/mol. The van der Waals surface area contributed by atoms with Crippen molar-refractivity contribution in [2.75, 3.05) is 18.0 Å². The first-order valence-electron chi connectivity index (χ1n) is 9.80. The van der Waals surface area contributed by atoms with Crippen LogP contribution in [-0.2, 0) is 9.59 Å². The maximum absolute atomic E-state index is 13.4. The van der Waals surface area contributed by atoms with Gasteiger partial charge in [0.1, 0.15) is 12.1 Å². The van der Waals surface area contributed by atoms with E-state index in [0.29, 0.717) is 18.4 Å². The molecule has 0 atom stereocenters. The molecule has 0 saturated carbocycles. The largest absolute Gasteiger partial charge is 0.371 e. The Kier molecular flexibility index (Phi) is 5.15. The number of hydrogen-bond acceptors (Lipinski definition) is 4. The summed E-state index contributed by atoms with van der Waals surface area (Å²) in [5.74, 6) is 0.429. The van der Waals surface area contributed by atoms with Gasteiger partial charge in [-0.2, -0.15) is 0 Å². The van der Waals surface area contributed by atoms with Crippen LogP contribution in [0.5, 0.6) is 0 Å². The van der Waals surface area contributed by atoms with E-state index < -0.39 is 11.1 Å². The molecule has 2 heterocycles. The molecule has 2 fully saturated rings. The van der Waals surface area contributed by atoms with E-state index in [9.17, 15) is 14.4 Å². The van der Waals surface area contributed by atoms with Crippen molar-refractivity contribution < 1.29 is 14.4 Å². The van der Waals surface area contributed by atoms with E-state index in [1.807, 2.05) is 56.9 Å². The smallest absolute Gasteiger partial charge is 0.226 e. The quantitative estimate of drug-likeness (QED) is 0.765.